The van der Waals surface area contributed by atoms with E-state index in [1.54, 1.807) is 6.20 Å². The van der Waals surface area contributed by atoms with Crippen molar-refractivity contribution in [3.63, 3.8) is 0 Å². The van der Waals surface area contributed by atoms with Gasteiger partial charge in [-0.25, -0.2) is 4.98 Å². The second-order valence-electron chi connectivity index (χ2n) is 4.33. The van der Waals surface area contributed by atoms with Gasteiger partial charge >= 0.3 is 0 Å². The Labute approximate surface area is 102 Å². The van der Waals surface area contributed by atoms with Gasteiger partial charge in [-0.3, -0.25) is 4.79 Å². The van der Waals surface area contributed by atoms with E-state index in [1.807, 2.05) is 23.1 Å². The second kappa shape index (κ2) is 6.23. The summed E-state index contributed by atoms with van der Waals surface area (Å²) in [5.41, 5.74) is 0. The zero-order valence-corrected chi connectivity index (χ0v) is 10.1. The standard InChI is InChI=1S/C13H19N3O/c17-13(16-10-4-1-5-11-16)7-9-15-12-6-2-3-8-14-12/h2-3,6,8H,1,4-5,7,9-11H2,(H,14,15). The quantitative estimate of drug-likeness (QED) is 0.864. The zero-order chi connectivity index (χ0) is 11.9. The van der Waals surface area contributed by atoms with E-state index in [1.165, 1.54) is 6.42 Å². The monoisotopic (exact) mass is 233 g/mol. The third-order valence-electron chi connectivity index (χ3n) is 3.02. The van der Waals surface area contributed by atoms with Crippen LogP contribution in [0.15, 0.2) is 24.4 Å². The molecule has 0 atom stereocenters. The lowest BCUT2D eigenvalue weighted by Crippen LogP contribution is -2.36. The molecule has 1 aliphatic rings. The molecule has 92 valence electrons. The van der Waals surface area contributed by atoms with Crippen LogP contribution in [0.5, 0.6) is 0 Å². The Kier molecular flexibility index (Phi) is 4.36. The number of piperidine rings is 1. The van der Waals surface area contributed by atoms with Crippen molar-refractivity contribution < 1.29 is 4.79 Å². The molecule has 0 unspecified atom stereocenters. The third kappa shape index (κ3) is 3.73. The fourth-order valence-electron chi connectivity index (χ4n) is 2.07. The molecule has 0 bridgehead atoms. The molecule has 17 heavy (non-hydrogen) atoms. The summed E-state index contributed by atoms with van der Waals surface area (Å²) in [6.45, 7) is 2.52. The first-order chi connectivity index (χ1) is 8.36. The number of carbonyl (C=O) groups is 1. The van der Waals surface area contributed by atoms with Gasteiger partial charge in [0.2, 0.25) is 5.91 Å². The predicted molar refractivity (Wildman–Crippen MR) is 67.8 cm³/mol. The molecule has 0 spiro atoms. The van der Waals surface area contributed by atoms with Gasteiger partial charge in [-0.1, -0.05) is 6.07 Å². The van der Waals surface area contributed by atoms with E-state index in [2.05, 4.69) is 10.3 Å². The molecule has 1 saturated heterocycles. The molecule has 2 rings (SSSR count). The highest BCUT2D eigenvalue weighted by molar-refractivity contribution is 5.76. The van der Waals surface area contributed by atoms with Crippen molar-refractivity contribution in [2.75, 3.05) is 25.0 Å². The van der Waals surface area contributed by atoms with Gasteiger partial charge in [0.1, 0.15) is 5.82 Å². The van der Waals surface area contributed by atoms with Crippen molar-refractivity contribution >= 4 is 11.7 Å². The number of pyridine rings is 1. The van der Waals surface area contributed by atoms with E-state index in [-0.39, 0.29) is 5.91 Å². The minimum atomic E-state index is 0.258. The van der Waals surface area contributed by atoms with Gasteiger partial charge in [0, 0.05) is 32.3 Å². The van der Waals surface area contributed by atoms with Gasteiger partial charge in [-0.15, -0.1) is 0 Å². The average Bonchev–Trinajstić information content (AvgIpc) is 2.41. The number of hydrogen-bond acceptors (Lipinski definition) is 3. The average molecular weight is 233 g/mol. The van der Waals surface area contributed by atoms with Gasteiger partial charge in [0.05, 0.1) is 0 Å². The fourth-order valence-corrected chi connectivity index (χ4v) is 2.07. The molecule has 1 amide bonds. The van der Waals surface area contributed by atoms with Crippen LogP contribution in [-0.4, -0.2) is 35.4 Å². The predicted octanol–water partition coefficient (Wildman–Crippen LogP) is 1.90. The van der Waals surface area contributed by atoms with Crippen LogP contribution in [0, 0.1) is 0 Å². The van der Waals surface area contributed by atoms with Crippen LogP contribution in [0.2, 0.25) is 0 Å². The molecular weight excluding hydrogens is 214 g/mol. The number of nitrogens with zero attached hydrogens (tertiary/aromatic N) is 2. The lowest BCUT2D eigenvalue weighted by Gasteiger charge is -2.26. The first-order valence-electron chi connectivity index (χ1n) is 6.29. The number of nitrogens with one attached hydrogen (secondary N) is 1. The Balaban J connectivity index is 1.69. The number of carbonyl (C=O) groups excluding carboxylic acids is 1. The summed E-state index contributed by atoms with van der Waals surface area (Å²) in [6, 6.07) is 5.72. The minimum Gasteiger partial charge on any atom is -0.370 e. The second-order valence-corrected chi connectivity index (χ2v) is 4.33. The van der Waals surface area contributed by atoms with Gasteiger partial charge in [0.15, 0.2) is 0 Å². The van der Waals surface area contributed by atoms with E-state index < -0.39 is 0 Å². The first-order valence-corrected chi connectivity index (χ1v) is 6.29. The number of rotatable bonds is 4. The summed E-state index contributed by atoms with van der Waals surface area (Å²) in [6.07, 6.45) is 5.86. The summed E-state index contributed by atoms with van der Waals surface area (Å²) >= 11 is 0. The lowest BCUT2D eigenvalue weighted by atomic mass is 10.1. The van der Waals surface area contributed by atoms with E-state index in [4.69, 9.17) is 0 Å². The van der Waals surface area contributed by atoms with Crippen LogP contribution in [0.25, 0.3) is 0 Å². The molecule has 1 N–H and O–H groups in total. The van der Waals surface area contributed by atoms with E-state index in [0.29, 0.717) is 13.0 Å². The molecule has 1 aromatic heterocycles. The number of aromatic nitrogens is 1. The Morgan fingerprint density at radius 1 is 1.29 bits per heavy atom. The molecule has 0 radical (unpaired) electrons. The fraction of sp³-hybridized carbons (Fsp3) is 0.538. The highest BCUT2D eigenvalue weighted by atomic mass is 16.2. The highest BCUT2D eigenvalue weighted by Crippen LogP contribution is 2.10. The van der Waals surface area contributed by atoms with Crippen LogP contribution in [0.3, 0.4) is 0 Å². The normalized spacial score (nSPS) is 15.6. The zero-order valence-electron chi connectivity index (χ0n) is 10.1. The lowest BCUT2D eigenvalue weighted by molar-refractivity contribution is -0.131. The van der Waals surface area contributed by atoms with Crippen LogP contribution in [0.4, 0.5) is 5.82 Å². The van der Waals surface area contributed by atoms with Gasteiger partial charge in [0.25, 0.3) is 0 Å². The Hall–Kier alpha value is -1.58. The third-order valence-corrected chi connectivity index (χ3v) is 3.02. The number of likely N-dealkylation sites (tertiary alicyclic amines) is 1. The number of hydrogen-bond donors (Lipinski definition) is 1. The van der Waals surface area contributed by atoms with Gasteiger partial charge in [-0.05, 0) is 31.4 Å². The summed E-state index contributed by atoms with van der Waals surface area (Å²) in [4.78, 5) is 18.0. The smallest absolute Gasteiger partial charge is 0.224 e. The maximum absolute atomic E-state index is 11.9. The summed E-state index contributed by atoms with van der Waals surface area (Å²) in [5.74, 6) is 1.09. The van der Waals surface area contributed by atoms with Crippen LogP contribution >= 0.6 is 0 Å². The van der Waals surface area contributed by atoms with Crippen molar-refractivity contribution in [1.82, 2.24) is 9.88 Å². The van der Waals surface area contributed by atoms with Crippen molar-refractivity contribution in [3.05, 3.63) is 24.4 Å². The van der Waals surface area contributed by atoms with E-state index in [9.17, 15) is 4.79 Å². The van der Waals surface area contributed by atoms with E-state index in [0.717, 1.165) is 31.7 Å². The number of amides is 1. The molecular formula is C13H19N3O. The Morgan fingerprint density at radius 2 is 2.12 bits per heavy atom. The minimum absolute atomic E-state index is 0.258. The SMILES string of the molecule is O=C(CCNc1ccccn1)N1CCCCC1. The molecule has 1 aliphatic heterocycles. The van der Waals surface area contributed by atoms with Crippen molar-refractivity contribution in [2.45, 2.75) is 25.7 Å². The van der Waals surface area contributed by atoms with Gasteiger partial charge in [-0.2, -0.15) is 0 Å². The number of anilines is 1. The summed E-state index contributed by atoms with van der Waals surface area (Å²) in [5, 5.41) is 3.16. The van der Waals surface area contributed by atoms with E-state index >= 15 is 0 Å². The maximum Gasteiger partial charge on any atom is 0.224 e. The van der Waals surface area contributed by atoms with Crippen LogP contribution in [0.1, 0.15) is 25.7 Å². The van der Waals surface area contributed by atoms with Crippen molar-refractivity contribution in [3.8, 4) is 0 Å². The molecule has 4 heteroatoms. The summed E-state index contributed by atoms with van der Waals surface area (Å²) in [7, 11) is 0. The molecule has 1 aromatic rings. The molecule has 4 nitrogen and oxygen atoms in total. The molecule has 0 aliphatic carbocycles. The maximum atomic E-state index is 11.9. The first kappa shape index (κ1) is 11.9. The molecule has 1 fully saturated rings. The van der Waals surface area contributed by atoms with Crippen molar-refractivity contribution in [2.24, 2.45) is 0 Å². The Bertz CT molecular complexity index is 347. The molecule has 0 aromatic carbocycles. The largest absolute Gasteiger partial charge is 0.370 e. The summed E-state index contributed by atoms with van der Waals surface area (Å²) < 4.78 is 0. The van der Waals surface area contributed by atoms with Crippen molar-refractivity contribution in [1.29, 1.82) is 0 Å². The topological polar surface area (TPSA) is 45.2 Å². The molecule has 0 saturated carbocycles. The van der Waals surface area contributed by atoms with Crippen LogP contribution in [-0.2, 0) is 4.79 Å². The Morgan fingerprint density at radius 3 is 2.82 bits per heavy atom. The molecule has 2 heterocycles. The van der Waals surface area contributed by atoms with Gasteiger partial charge < -0.3 is 10.2 Å². The highest BCUT2D eigenvalue weighted by Gasteiger charge is 2.15. The van der Waals surface area contributed by atoms with Crippen LogP contribution < -0.4 is 5.32 Å².